The second-order valence-corrected chi connectivity index (χ2v) is 6.27. The van der Waals surface area contributed by atoms with Crippen LogP contribution in [0.15, 0.2) is 48.6 Å². The van der Waals surface area contributed by atoms with Crippen LogP contribution in [0.5, 0.6) is 0 Å². The molecule has 0 heterocycles. The van der Waals surface area contributed by atoms with E-state index in [1.807, 2.05) is 24.3 Å². The molecule has 0 bridgehead atoms. The number of carbonyl (C=O) groups is 2. The number of aliphatic carboxylic acids is 1. The number of rotatable bonds is 9. The van der Waals surface area contributed by atoms with Crippen LogP contribution < -0.4 is 5.32 Å². The molecule has 0 aromatic heterocycles. The normalized spacial score (nSPS) is 20.7. The Balaban J connectivity index is 3.01. The maximum Gasteiger partial charge on any atom is 0.337 e. The van der Waals surface area contributed by atoms with Crippen molar-refractivity contribution < 1.29 is 19.4 Å². The van der Waals surface area contributed by atoms with E-state index < -0.39 is 5.97 Å². The molecule has 1 rings (SSSR count). The average Bonchev–Trinajstić information content (AvgIpc) is 2.53. The van der Waals surface area contributed by atoms with Crippen molar-refractivity contribution >= 4 is 11.9 Å². The summed E-state index contributed by atoms with van der Waals surface area (Å²) in [4.78, 5) is 22.7. The summed E-state index contributed by atoms with van der Waals surface area (Å²) in [5, 5.41) is 12.1. The highest BCUT2D eigenvalue weighted by molar-refractivity contribution is 5.92. The molecule has 0 radical (unpaired) electrons. The van der Waals surface area contributed by atoms with Crippen LogP contribution in [0.1, 0.15) is 27.2 Å². The molecule has 2 atom stereocenters. The number of esters is 1. The zero-order valence-electron chi connectivity index (χ0n) is 14.6. The summed E-state index contributed by atoms with van der Waals surface area (Å²) in [7, 11) is 0. The summed E-state index contributed by atoms with van der Waals surface area (Å²) in [5.41, 5.74) is 0.274. The van der Waals surface area contributed by atoms with E-state index in [4.69, 9.17) is 9.84 Å². The summed E-state index contributed by atoms with van der Waals surface area (Å²) in [6, 6.07) is -0.0630. The SMILES string of the molecule is C=C/C=C/C(C)(C)C1C=C(C(=O)OCC)C=CC1NCCC(=O)O. The summed E-state index contributed by atoms with van der Waals surface area (Å²) < 4.78 is 5.08. The molecule has 5 heteroatoms. The van der Waals surface area contributed by atoms with E-state index in [0.29, 0.717) is 18.7 Å². The number of carboxylic acids is 1. The third-order valence-electron chi connectivity index (χ3n) is 3.98. The second-order valence-electron chi connectivity index (χ2n) is 6.27. The molecule has 0 amide bonds. The van der Waals surface area contributed by atoms with Crippen LogP contribution in [-0.4, -0.2) is 36.2 Å². The van der Waals surface area contributed by atoms with Crippen molar-refractivity contribution in [2.45, 2.75) is 33.2 Å². The van der Waals surface area contributed by atoms with E-state index in [1.54, 1.807) is 19.1 Å². The van der Waals surface area contributed by atoms with Gasteiger partial charge in [0.25, 0.3) is 0 Å². The molecule has 2 N–H and O–H groups in total. The van der Waals surface area contributed by atoms with E-state index in [9.17, 15) is 9.59 Å². The molecule has 0 aromatic rings. The highest BCUT2D eigenvalue weighted by Gasteiger charge is 2.34. The Bertz CT molecular complexity index is 558. The van der Waals surface area contributed by atoms with Gasteiger partial charge >= 0.3 is 11.9 Å². The van der Waals surface area contributed by atoms with Gasteiger partial charge in [-0.2, -0.15) is 0 Å². The van der Waals surface area contributed by atoms with Crippen molar-refractivity contribution in [3.05, 3.63) is 48.6 Å². The van der Waals surface area contributed by atoms with Crippen molar-refractivity contribution in [3.63, 3.8) is 0 Å². The lowest BCUT2D eigenvalue weighted by Gasteiger charge is -2.37. The number of allylic oxidation sites excluding steroid dienone is 3. The van der Waals surface area contributed by atoms with E-state index in [-0.39, 0.29) is 29.8 Å². The molecule has 2 unspecified atom stereocenters. The Morgan fingerprint density at radius 3 is 2.75 bits per heavy atom. The van der Waals surface area contributed by atoms with E-state index in [2.05, 4.69) is 25.7 Å². The molecule has 0 saturated carbocycles. The molecular formula is C19H27NO4. The van der Waals surface area contributed by atoms with Crippen LogP contribution in [0.25, 0.3) is 0 Å². The first kappa shape index (κ1) is 19.9. The van der Waals surface area contributed by atoms with Crippen molar-refractivity contribution in [2.24, 2.45) is 11.3 Å². The number of nitrogens with one attached hydrogen (secondary N) is 1. The Hall–Kier alpha value is -2.14. The van der Waals surface area contributed by atoms with Crippen LogP contribution in [0.2, 0.25) is 0 Å². The fraction of sp³-hybridized carbons (Fsp3) is 0.474. The molecule has 0 aromatic carbocycles. The Morgan fingerprint density at radius 2 is 2.17 bits per heavy atom. The van der Waals surface area contributed by atoms with Gasteiger partial charge in [-0.1, -0.05) is 56.9 Å². The van der Waals surface area contributed by atoms with Gasteiger partial charge in [-0.25, -0.2) is 4.79 Å². The minimum absolute atomic E-state index is 0.0214. The predicted octanol–water partition coefficient (Wildman–Crippen LogP) is 2.86. The number of carboxylic acid groups (broad SMARTS) is 1. The van der Waals surface area contributed by atoms with Crippen molar-refractivity contribution in [3.8, 4) is 0 Å². The molecule has 132 valence electrons. The average molecular weight is 333 g/mol. The monoisotopic (exact) mass is 333 g/mol. The highest BCUT2D eigenvalue weighted by Crippen LogP contribution is 2.36. The molecule has 24 heavy (non-hydrogen) atoms. The molecule has 1 aliphatic rings. The first-order valence-electron chi connectivity index (χ1n) is 8.14. The number of hydrogen-bond donors (Lipinski definition) is 2. The van der Waals surface area contributed by atoms with Crippen LogP contribution in [0, 0.1) is 11.3 Å². The van der Waals surface area contributed by atoms with Gasteiger partial charge in [0.2, 0.25) is 0 Å². The smallest absolute Gasteiger partial charge is 0.337 e. The van der Waals surface area contributed by atoms with Gasteiger partial charge in [0.05, 0.1) is 18.6 Å². The fourth-order valence-corrected chi connectivity index (χ4v) is 2.68. The van der Waals surface area contributed by atoms with Gasteiger partial charge in [0.15, 0.2) is 0 Å². The lowest BCUT2D eigenvalue weighted by molar-refractivity contribution is -0.138. The molecular weight excluding hydrogens is 306 g/mol. The Kier molecular flexibility index (Phi) is 7.65. The molecule has 0 saturated heterocycles. The van der Waals surface area contributed by atoms with Crippen molar-refractivity contribution in [2.75, 3.05) is 13.2 Å². The Morgan fingerprint density at radius 1 is 1.46 bits per heavy atom. The zero-order chi connectivity index (χ0) is 18.2. The van der Waals surface area contributed by atoms with Crippen LogP contribution >= 0.6 is 0 Å². The molecule has 1 aliphatic carbocycles. The van der Waals surface area contributed by atoms with Crippen molar-refractivity contribution in [1.82, 2.24) is 5.32 Å². The van der Waals surface area contributed by atoms with Gasteiger partial charge in [0, 0.05) is 18.5 Å². The van der Waals surface area contributed by atoms with Crippen LogP contribution in [0.4, 0.5) is 0 Å². The van der Waals surface area contributed by atoms with E-state index in [0.717, 1.165) is 0 Å². The topological polar surface area (TPSA) is 75.6 Å². The lowest BCUT2D eigenvalue weighted by atomic mass is 9.71. The summed E-state index contributed by atoms with van der Waals surface area (Å²) in [5.74, 6) is -1.20. The van der Waals surface area contributed by atoms with Gasteiger partial charge in [-0.05, 0) is 12.3 Å². The summed E-state index contributed by atoms with van der Waals surface area (Å²) in [6.07, 6.45) is 11.2. The van der Waals surface area contributed by atoms with E-state index >= 15 is 0 Å². The summed E-state index contributed by atoms with van der Waals surface area (Å²) >= 11 is 0. The molecule has 5 nitrogen and oxygen atoms in total. The van der Waals surface area contributed by atoms with Gasteiger partial charge in [0.1, 0.15) is 0 Å². The van der Waals surface area contributed by atoms with Crippen LogP contribution in [-0.2, 0) is 14.3 Å². The zero-order valence-corrected chi connectivity index (χ0v) is 14.6. The maximum absolute atomic E-state index is 12.0. The maximum atomic E-state index is 12.0. The lowest BCUT2D eigenvalue weighted by Crippen LogP contribution is -2.43. The second kappa shape index (κ2) is 9.23. The van der Waals surface area contributed by atoms with Gasteiger partial charge in [-0.3, -0.25) is 4.79 Å². The van der Waals surface area contributed by atoms with E-state index in [1.165, 1.54) is 0 Å². The standard InChI is InChI=1S/C19H27NO4/c1-5-7-11-19(3,4)15-13-14(18(23)24-6-2)8-9-16(15)20-12-10-17(21)22/h5,7-9,11,13,15-16,20H,1,6,10,12H2,2-4H3,(H,21,22)/b11-7+. The number of ether oxygens (including phenoxy) is 1. The largest absolute Gasteiger partial charge is 0.481 e. The highest BCUT2D eigenvalue weighted by atomic mass is 16.5. The minimum Gasteiger partial charge on any atom is -0.481 e. The quantitative estimate of drug-likeness (QED) is 0.501. The summed E-state index contributed by atoms with van der Waals surface area (Å²) in [6.45, 7) is 10.3. The first-order valence-corrected chi connectivity index (χ1v) is 8.14. The predicted molar refractivity (Wildman–Crippen MR) is 94.5 cm³/mol. The minimum atomic E-state index is -0.840. The molecule has 0 fully saturated rings. The number of carbonyl (C=O) groups excluding carboxylic acids is 1. The Labute approximate surface area is 143 Å². The number of hydrogen-bond acceptors (Lipinski definition) is 4. The van der Waals surface area contributed by atoms with Crippen LogP contribution in [0.3, 0.4) is 0 Å². The molecule has 0 aliphatic heterocycles. The fourth-order valence-electron chi connectivity index (χ4n) is 2.68. The first-order chi connectivity index (χ1) is 11.3. The molecule has 0 spiro atoms. The van der Waals surface area contributed by atoms with Crippen molar-refractivity contribution in [1.29, 1.82) is 0 Å². The van der Waals surface area contributed by atoms with Gasteiger partial charge < -0.3 is 15.2 Å². The third-order valence-corrected chi connectivity index (χ3v) is 3.98. The van der Waals surface area contributed by atoms with Gasteiger partial charge in [-0.15, -0.1) is 0 Å². The third kappa shape index (κ3) is 5.81.